The fourth-order valence-electron chi connectivity index (χ4n) is 2.61. The van der Waals surface area contributed by atoms with Gasteiger partial charge in [-0.15, -0.1) is 0 Å². The summed E-state index contributed by atoms with van der Waals surface area (Å²) in [5, 5.41) is 6.61. The molecule has 2 aromatic rings. The molecule has 0 heterocycles. The van der Waals surface area contributed by atoms with Crippen LogP contribution < -0.4 is 15.4 Å². The van der Waals surface area contributed by atoms with Gasteiger partial charge in [0, 0.05) is 26.8 Å². The lowest BCUT2D eigenvalue weighted by atomic mass is 10.2. The summed E-state index contributed by atoms with van der Waals surface area (Å²) < 4.78 is 16.3. The molecule has 0 aliphatic heterocycles. The van der Waals surface area contributed by atoms with Crippen LogP contribution in [0.3, 0.4) is 0 Å². The van der Waals surface area contributed by atoms with Gasteiger partial charge in [-0.25, -0.2) is 4.99 Å². The second kappa shape index (κ2) is 14.4. The summed E-state index contributed by atoms with van der Waals surface area (Å²) in [5.74, 6) is 1.66. The molecule has 2 aromatic carbocycles. The number of hydrogen-bond donors (Lipinski definition) is 2. The van der Waals surface area contributed by atoms with Gasteiger partial charge in [-0.2, -0.15) is 0 Å². The van der Waals surface area contributed by atoms with E-state index in [0.29, 0.717) is 33.0 Å². The Morgan fingerprint density at radius 2 is 1.76 bits per heavy atom. The van der Waals surface area contributed by atoms with Crippen molar-refractivity contribution in [3.05, 3.63) is 65.7 Å². The van der Waals surface area contributed by atoms with E-state index in [1.165, 1.54) is 0 Å². The van der Waals surface area contributed by atoms with E-state index in [9.17, 15) is 0 Å². The van der Waals surface area contributed by atoms with Gasteiger partial charge in [-0.05, 0) is 36.6 Å². The van der Waals surface area contributed by atoms with Gasteiger partial charge >= 0.3 is 0 Å². The molecule has 0 saturated heterocycles. The first-order chi connectivity index (χ1) is 14.3. The van der Waals surface area contributed by atoms with Gasteiger partial charge in [0.2, 0.25) is 0 Å². The molecule has 6 nitrogen and oxygen atoms in total. The molecule has 29 heavy (non-hydrogen) atoms. The van der Waals surface area contributed by atoms with Crippen molar-refractivity contribution in [2.24, 2.45) is 4.99 Å². The van der Waals surface area contributed by atoms with Gasteiger partial charge in [0.1, 0.15) is 12.4 Å². The number of hydrogen-bond acceptors (Lipinski definition) is 4. The third-order valence-electron chi connectivity index (χ3n) is 4.10. The Bertz CT molecular complexity index is 708. The topological polar surface area (TPSA) is 64.1 Å². The number of methoxy groups -OCH3 is 1. The molecule has 0 atom stereocenters. The average Bonchev–Trinajstić information content (AvgIpc) is 2.76. The fraction of sp³-hybridized carbons (Fsp3) is 0.435. The Morgan fingerprint density at radius 3 is 2.55 bits per heavy atom. The third kappa shape index (κ3) is 9.96. The highest BCUT2D eigenvalue weighted by atomic mass is 16.5. The van der Waals surface area contributed by atoms with Crippen LogP contribution in [0.1, 0.15) is 24.5 Å². The van der Waals surface area contributed by atoms with E-state index >= 15 is 0 Å². The zero-order valence-corrected chi connectivity index (χ0v) is 17.5. The highest BCUT2D eigenvalue weighted by Crippen LogP contribution is 2.16. The van der Waals surface area contributed by atoms with Crippen molar-refractivity contribution in [1.82, 2.24) is 10.6 Å². The Kier molecular flexibility index (Phi) is 11.3. The summed E-state index contributed by atoms with van der Waals surface area (Å²) in [5.41, 5.74) is 2.26. The Balaban J connectivity index is 1.78. The highest BCUT2D eigenvalue weighted by molar-refractivity contribution is 5.79. The average molecular weight is 400 g/mol. The fourth-order valence-corrected chi connectivity index (χ4v) is 2.61. The monoisotopic (exact) mass is 399 g/mol. The van der Waals surface area contributed by atoms with Crippen LogP contribution >= 0.6 is 0 Å². The summed E-state index contributed by atoms with van der Waals surface area (Å²) in [6, 6.07) is 18.2. The lowest BCUT2D eigenvalue weighted by Crippen LogP contribution is -2.38. The first-order valence-electron chi connectivity index (χ1n) is 10.2. The Labute approximate surface area is 174 Å². The van der Waals surface area contributed by atoms with Crippen molar-refractivity contribution in [2.45, 2.75) is 26.5 Å². The van der Waals surface area contributed by atoms with E-state index in [-0.39, 0.29) is 0 Å². The molecule has 0 bridgehead atoms. The van der Waals surface area contributed by atoms with E-state index in [4.69, 9.17) is 14.2 Å². The predicted octanol–water partition coefficient (Wildman–Crippen LogP) is 3.37. The first kappa shape index (κ1) is 22.7. The number of ether oxygens (including phenoxy) is 3. The summed E-state index contributed by atoms with van der Waals surface area (Å²) in [6.07, 6.45) is 0.914. The molecule has 6 heteroatoms. The summed E-state index contributed by atoms with van der Waals surface area (Å²) in [7, 11) is 1.68. The van der Waals surface area contributed by atoms with E-state index in [0.717, 1.165) is 42.3 Å². The SMILES string of the molecule is CCNC(=NCc1cccc(OCc2ccccc2)c1)NCCCOCCOC. The van der Waals surface area contributed by atoms with Crippen molar-refractivity contribution >= 4 is 5.96 Å². The molecule has 0 aliphatic carbocycles. The van der Waals surface area contributed by atoms with Crippen molar-refractivity contribution < 1.29 is 14.2 Å². The van der Waals surface area contributed by atoms with Crippen molar-refractivity contribution in [3.63, 3.8) is 0 Å². The quantitative estimate of drug-likeness (QED) is 0.307. The van der Waals surface area contributed by atoms with Crippen LogP contribution in [-0.4, -0.2) is 46.0 Å². The van der Waals surface area contributed by atoms with Gasteiger partial charge in [-0.3, -0.25) is 0 Å². The van der Waals surface area contributed by atoms with Crippen molar-refractivity contribution in [2.75, 3.05) is 40.0 Å². The van der Waals surface area contributed by atoms with Gasteiger partial charge in [0.25, 0.3) is 0 Å². The minimum absolute atomic E-state index is 0.560. The maximum Gasteiger partial charge on any atom is 0.191 e. The molecule has 158 valence electrons. The molecule has 2 rings (SSSR count). The largest absolute Gasteiger partial charge is 0.489 e. The molecule has 0 aromatic heterocycles. The second-order valence-electron chi connectivity index (χ2n) is 6.50. The normalized spacial score (nSPS) is 11.3. The molecule has 0 aliphatic rings. The van der Waals surface area contributed by atoms with Gasteiger partial charge < -0.3 is 24.8 Å². The van der Waals surface area contributed by atoms with Crippen LogP contribution in [-0.2, 0) is 22.6 Å². The zero-order chi connectivity index (χ0) is 20.6. The van der Waals surface area contributed by atoms with Crippen molar-refractivity contribution in [3.8, 4) is 5.75 Å². The van der Waals surface area contributed by atoms with E-state index in [1.807, 2.05) is 36.4 Å². The van der Waals surface area contributed by atoms with Gasteiger partial charge in [-0.1, -0.05) is 42.5 Å². The molecule has 0 saturated carbocycles. The molecular formula is C23H33N3O3. The van der Waals surface area contributed by atoms with E-state index in [1.54, 1.807) is 7.11 Å². The van der Waals surface area contributed by atoms with E-state index in [2.05, 4.69) is 40.7 Å². The summed E-state index contributed by atoms with van der Waals surface area (Å²) in [6.45, 7) is 6.79. The molecule has 0 fully saturated rings. The summed E-state index contributed by atoms with van der Waals surface area (Å²) >= 11 is 0. The lowest BCUT2D eigenvalue weighted by Gasteiger charge is -2.12. The van der Waals surface area contributed by atoms with Crippen LogP contribution in [0.4, 0.5) is 0 Å². The number of rotatable bonds is 13. The highest BCUT2D eigenvalue weighted by Gasteiger charge is 2.00. The van der Waals surface area contributed by atoms with E-state index < -0.39 is 0 Å². The van der Waals surface area contributed by atoms with Crippen LogP contribution in [0.15, 0.2) is 59.6 Å². The molecule has 0 amide bonds. The maximum absolute atomic E-state index is 5.90. The molecule has 0 radical (unpaired) electrons. The minimum Gasteiger partial charge on any atom is -0.489 e. The predicted molar refractivity (Wildman–Crippen MR) is 117 cm³/mol. The first-order valence-corrected chi connectivity index (χ1v) is 10.2. The number of guanidine groups is 1. The smallest absolute Gasteiger partial charge is 0.191 e. The number of aliphatic imine (C=N–C) groups is 1. The number of nitrogens with zero attached hydrogens (tertiary/aromatic N) is 1. The van der Waals surface area contributed by atoms with Crippen LogP contribution in [0, 0.1) is 0 Å². The van der Waals surface area contributed by atoms with Crippen LogP contribution in [0.25, 0.3) is 0 Å². The zero-order valence-electron chi connectivity index (χ0n) is 17.5. The Morgan fingerprint density at radius 1 is 0.931 bits per heavy atom. The third-order valence-corrected chi connectivity index (χ3v) is 4.10. The van der Waals surface area contributed by atoms with Crippen molar-refractivity contribution in [1.29, 1.82) is 0 Å². The molecular weight excluding hydrogens is 366 g/mol. The molecule has 0 unspecified atom stereocenters. The minimum atomic E-state index is 0.560. The summed E-state index contributed by atoms with van der Waals surface area (Å²) in [4.78, 5) is 4.67. The van der Waals surface area contributed by atoms with Crippen LogP contribution in [0.5, 0.6) is 5.75 Å². The second-order valence-corrected chi connectivity index (χ2v) is 6.50. The maximum atomic E-state index is 5.90. The lowest BCUT2D eigenvalue weighted by molar-refractivity contribution is 0.0698. The number of benzene rings is 2. The number of nitrogens with one attached hydrogen (secondary N) is 2. The standard InChI is InChI=1S/C23H33N3O3/c1-3-24-23(25-13-8-14-28-16-15-27-2)26-18-21-11-7-12-22(17-21)29-19-20-9-5-4-6-10-20/h4-7,9-12,17H,3,8,13-16,18-19H2,1-2H3,(H2,24,25,26). The molecule has 2 N–H and O–H groups in total. The van der Waals surface area contributed by atoms with Gasteiger partial charge in [0.05, 0.1) is 19.8 Å². The Hall–Kier alpha value is -2.57. The van der Waals surface area contributed by atoms with Crippen LogP contribution in [0.2, 0.25) is 0 Å². The van der Waals surface area contributed by atoms with Gasteiger partial charge in [0.15, 0.2) is 5.96 Å². The molecule has 0 spiro atoms.